The minimum atomic E-state index is -0.877. The van der Waals surface area contributed by atoms with Gasteiger partial charge in [-0.15, -0.1) is 0 Å². The highest BCUT2D eigenvalue weighted by molar-refractivity contribution is 6.32. The Morgan fingerprint density at radius 2 is 2.33 bits per heavy atom. The second kappa shape index (κ2) is 4.13. The van der Waals surface area contributed by atoms with Crippen LogP contribution in [0, 0.1) is 0 Å². The van der Waals surface area contributed by atoms with E-state index in [1.54, 1.807) is 18.6 Å². The second-order valence-corrected chi connectivity index (χ2v) is 4.66. The van der Waals surface area contributed by atoms with Crippen molar-refractivity contribution in [3.8, 4) is 0 Å². The number of halogens is 1. The fourth-order valence-electron chi connectivity index (χ4n) is 2.36. The lowest BCUT2D eigenvalue weighted by atomic mass is 10.1. The standard InChI is InChI=1S/C11H11ClN4O2/c12-9-8-5-14-10(16(8)4-2-13-9)7-1-3-15(6-7)11(17)18/h2,4-5,7H,1,3,6H2,(H,17,18)/t7-/m0/s1. The molecule has 18 heavy (non-hydrogen) atoms. The van der Waals surface area contributed by atoms with Gasteiger partial charge in [0.1, 0.15) is 11.3 Å². The van der Waals surface area contributed by atoms with Crippen LogP contribution in [0.3, 0.4) is 0 Å². The van der Waals surface area contributed by atoms with E-state index in [9.17, 15) is 4.79 Å². The molecule has 1 aliphatic rings. The number of likely N-dealkylation sites (tertiary alicyclic amines) is 1. The normalized spacial score (nSPS) is 19.6. The number of imidazole rings is 1. The summed E-state index contributed by atoms with van der Waals surface area (Å²) in [7, 11) is 0. The number of amides is 1. The fraction of sp³-hybridized carbons (Fsp3) is 0.364. The first-order valence-corrected chi connectivity index (χ1v) is 6.00. The number of rotatable bonds is 1. The molecule has 2 aromatic heterocycles. The molecular formula is C11H11ClN4O2. The zero-order valence-electron chi connectivity index (χ0n) is 9.45. The molecule has 7 heteroatoms. The largest absolute Gasteiger partial charge is 0.465 e. The quantitative estimate of drug-likeness (QED) is 0.855. The van der Waals surface area contributed by atoms with Crippen molar-refractivity contribution in [2.45, 2.75) is 12.3 Å². The molecule has 3 rings (SSSR count). The number of nitrogens with zero attached hydrogens (tertiary/aromatic N) is 4. The van der Waals surface area contributed by atoms with Crippen LogP contribution in [0.5, 0.6) is 0 Å². The van der Waals surface area contributed by atoms with Gasteiger partial charge in [0.2, 0.25) is 0 Å². The van der Waals surface area contributed by atoms with Crippen LogP contribution in [0.25, 0.3) is 5.52 Å². The van der Waals surface area contributed by atoms with Crippen LogP contribution in [0.2, 0.25) is 5.15 Å². The van der Waals surface area contributed by atoms with Crippen molar-refractivity contribution in [1.29, 1.82) is 0 Å². The molecule has 0 aromatic carbocycles. The molecule has 0 bridgehead atoms. The average Bonchev–Trinajstić information content (AvgIpc) is 2.94. The fourth-order valence-corrected chi connectivity index (χ4v) is 2.56. The van der Waals surface area contributed by atoms with Gasteiger partial charge in [0.25, 0.3) is 0 Å². The van der Waals surface area contributed by atoms with Gasteiger partial charge in [0, 0.05) is 31.4 Å². The predicted molar refractivity (Wildman–Crippen MR) is 65.0 cm³/mol. The Morgan fingerprint density at radius 3 is 3.06 bits per heavy atom. The summed E-state index contributed by atoms with van der Waals surface area (Å²) >= 11 is 5.98. The van der Waals surface area contributed by atoms with Crippen molar-refractivity contribution in [1.82, 2.24) is 19.3 Å². The minimum Gasteiger partial charge on any atom is -0.465 e. The van der Waals surface area contributed by atoms with Gasteiger partial charge in [0.05, 0.1) is 6.20 Å². The first-order valence-electron chi connectivity index (χ1n) is 5.62. The maximum Gasteiger partial charge on any atom is 0.407 e. The monoisotopic (exact) mass is 266 g/mol. The smallest absolute Gasteiger partial charge is 0.407 e. The van der Waals surface area contributed by atoms with Gasteiger partial charge in [-0.3, -0.25) is 4.40 Å². The SMILES string of the molecule is O=C(O)N1CC[C@H](c2ncc3c(Cl)nccn23)C1. The lowest BCUT2D eigenvalue weighted by Gasteiger charge is -2.11. The molecule has 94 valence electrons. The van der Waals surface area contributed by atoms with Gasteiger partial charge in [-0.25, -0.2) is 14.8 Å². The summed E-state index contributed by atoms with van der Waals surface area (Å²) in [6.45, 7) is 1.03. The lowest BCUT2D eigenvalue weighted by molar-refractivity contribution is 0.155. The maximum absolute atomic E-state index is 10.9. The second-order valence-electron chi connectivity index (χ2n) is 4.30. The molecule has 0 aliphatic carbocycles. The molecule has 1 atom stereocenters. The van der Waals surface area contributed by atoms with Crippen molar-refractivity contribution in [2.75, 3.05) is 13.1 Å². The minimum absolute atomic E-state index is 0.113. The lowest BCUT2D eigenvalue weighted by Crippen LogP contribution is -2.26. The number of hydrogen-bond acceptors (Lipinski definition) is 3. The van der Waals surface area contributed by atoms with Crippen LogP contribution in [-0.2, 0) is 0 Å². The number of aromatic nitrogens is 3. The van der Waals surface area contributed by atoms with E-state index < -0.39 is 6.09 Å². The van der Waals surface area contributed by atoms with Crippen molar-refractivity contribution in [3.05, 3.63) is 29.6 Å². The van der Waals surface area contributed by atoms with Crippen molar-refractivity contribution in [2.24, 2.45) is 0 Å². The molecule has 3 heterocycles. The highest BCUT2D eigenvalue weighted by Gasteiger charge is 2.29. The molecule has 1 aliphatic heterocycles. The molecule has 0 saturated carbocycles. The highest BCUT2D eigenvalue weighted by atomic mass is 35.5. The van der Waals surface area contributed by atoms with Crippen LogP contribution < -0.4 is 0 Å². The van der Waals surface area contributed by atoms with Crippen LogP contribution in [-0.4, -0.2) is 43.6 Å². The van der Waals surface area contributed by atoms with Crippen LogP contribution in [0.15, 0.2) is 18.6 Å². The van der Waals surface area contributed by atoms with E-state index in [-0.39, 0.29) is 5.92 Å². The Morgan fingerprint density at radius 1 is 1.50 bits per heavy atom. The summed E-state index contributed by atoms with van der Waals surface area (Å²) in [4.78, 5) is 20.7. The third-order valence-electron chi connectivity index (χ3n) is 3.26. The summed E-state index contributed by atoms with van der Waals surface area (Å²) in [6, 6.07) is 0. The highest BCUT2D eigenvalue weighted by Crippen LogP contribution is 2.28. The van der Waals surface area contributed by atoms with E-state index >= 15 is 0 Å². The summed E-state index contributed by atoms with van der Waals surface area (Å²) in [5.74, 6) is 0.958. The van der Waals surface area contributed by atoms with Gasteiger partial charge in [-0.1, -0.05) is 11.6 Å². The summed E-state index contributed by atoms with van der Waals surface area (Å²) in [6.07, 6.45) is 5.00. The van der Waals surface area contributed by atoms with Crippen molar-refractivity contribution in [3.63, 3.8) is 0 Å². The third kappa shape index (κ3) is 1.69. The van der Waals surface area contributed by atoms with Crippen molar-refractivity contribution >= 4 is 23.2 Å². The molecule has 1 saturated heterocycles. The average molecular weight is 267 g/mol. The van der Waals surface area contributed by atoms with E-state index in [1.165, 1.54) is 4.90 Å². The molecule has 1 fully saturated rings. The number of fused-ring (bicyclic) bond motifs is 1. The molecule has 1 amide bonds. The molecule has 2 aromatic rings. The molecule has 6 nitrogen and oxygen atoms in total. The predicted octanol–water partition coefficient (Wildman–Crippen LogP) is 1.85. The molecular weight excluding hydrogens is 256 g/mol. The number of hydrogen-bond donors (Lipinski definition) is 1. The number of carboxylic acid groups (broad SMARTS) is 1. The van der Waals surface area contributed by atoms with E-state index in [0.29, 0.717) is 18.2 Å². The van der Waals surface area contributed by atoms with Gasteiger partial charge >= 0.3 is 6.09 Å². The van der Waals surface area contributed by atoms with Crippen LogP contribution in [0.1, 0.15) is 18.2 Å². The Kier molecular flexibility index (Phi) is 2.59. The van der Waals surface area contributed by atoms with Crippen molar-refractivity contribution < 1.29 is 9.90 Å². The Hall–Kier alpha value is -1.82. The van der Waals surface area contributed by atoms with Gasteiger partial charge < -0.3 is 10.0 Å². The first-order chi connectivity index (χ1) is 8.66. The summed E-state index contributed by atoms with van der Waals surface area (Å²) in [5, 5.41) is 9.36. The zero-order valence-corrected chi connectivity index (χ0v) is 10.2. The first kappa shape index (κ1) is 11.3. The van der Waals surface area contributed by atoms with E-state index in [0.717, 1.165) is 17.8 Å². The Bertz CT molecular complexity index is 612. The van der Waals surface area contributed by atoms with Gasteiger partial charge in [0.15, 0.2) is 5.15 Å². The molecule has 0 unspecified atom stereocenters. The van der Waals surface area contributed by atoms with Gasteiger partial charge in [-0.05, 0) is 6.42 Å². The van der Waals surface area contributed by atoms with Gasteiger partial charge in [-0.2, -0.15) is 0 Å². The van der Waals surface area contributed by atoms with E-state index in [2.05, 4.69) is 9.97 Å². The summed E-state index contributed by atoms with van der Waals surface area (Å²) < 4.78 is 1.88. The molecule has 1 N–H and O–H groups in total. The maximum atomic E-state index is 10.9. The van der Waals surface area contributed by atoms with Crippen LogP contribution in [0.4, 0.5) is 4.79 Å². The Balaban J connectivity index is 1.96. The topological polar surface area (TPSA) is 70.7 Å². The van der Waals surface area contributed by atoms with E-state index in [1.807, 2.05) is 4.40 Å². The summed E-state index contributed by atoms with van der Waals surface area (Å²) in [5.41, 5.74) is 0.753. The molecule has 0 spiro atoms. The zero-order chi connectivity index (χ0) is 12.7. The van der Waals surface area contributed by atoms with E-state index in [4.69, 9.17) is 16.7 Å². The number of carbonyl (C=O) groups is 1. The van der Waals surface area contributed by atoms with Crippen LogP contribution >= 0.6 is 11.6 Å². The third-order valence-corrected chi connectivity index (χ3v) is 3.56. The Labute approximate surface area is 108 Å². The molecule has 0 radical (unpaired) electrons.